The second kappa shape index (κ2) is 5.29. The van der Waals surface area contributed by atoms with Gasteiger partial charge >= 0.3 is 0 Å². The third-order valence-electron chi connectivity index (χ3n) is 2.98. The van der Waals surface area contributed by atoms with Gasteiger partial charge in [-0.25, -0.2) is 4.98 Å². The lowest BCUT2D eigenvalue weighted by Crippen LogP contribution is -2.10. The van der Waals surface area contributed by atoms with E-state index in [1.54, 1.807) is 0 Å². The molecule has 0 saturated heterocycles. The number of fused-ring (bicyclic) bond motifs is 1. The van der Waals surface area contributed by atoms with Gasteiger partial charge in [-0.1, -0.05) is 45.1 Å². The Morgan fingerprint density at radius 2 is 2.11 bits per heavy atom. The summed E-state index contributed by atoms with van der Waals surface area (Å²) in [5, 5.41) is 3.55. The van der Waals surface area contributed by atoms with Crippen LogP contribution in [-0.2, 0) is 10.2 Å². The summed E-state index contributed by atoms with van der Waals surface area (Å²) < 4.78 is 1.12. The fraction of sp³-hybridized carbons (Fsp3) is 0.467. The molecule has 0 fully saturated rings. The van der Waals surface area contributed by atoms with Crippen molar-refractivity contribution in [2.24, 2.45) is 0 Å². The van der Waals surface area contributed by atoms with Crippen molar-refractivity contribution in [2.45, 2.75) is 46.0 Å². The Balaban J connectivity index is 2.28. The van der Waals surface area contributed by atoms with Crippen molar-refractivity contribution in [2.75, 3.05) is 5.32 Å². The van der Waals surface area contributed by atoms with Gasteiger partial charge in [0.1, 0.15) is 0 Å². The molecule has 19 heavy (non-hydrogen) atoms. The van der Waals surface area contributed by atoms with E-state index in [0.29, 0.717) is 11.6 Å². The van der Waals surface area contributed by atoms with Crippen LogP contribution in [0.1, 0.15) is 46.1 Å². The highest BCUT2D eigenvalue weighted by Crippen LogP contribution is 2.31. The first-order chi connectivity index (χ1) is 8.90. The smallest absolute Gasteiger partial charge is 0.226 e. The third-order valence-corrected chi connectivity index (χ3v) is 3.91. The highest BCUT2D eigenvalue weighted by atomic mass is 32.1. The molecule has 2 aromatic rings. The quantitative estimate of drug-likeness (QED) is 0.906. The van der Waals surface area contributed by atoms with Crippen molar-refractivity contribution in [1.29, 1.82) is 0 Å². The van der Waals surface area contributed by atoms with E-state index in [0.717, 1.165) is 16.6 Å². The maximum atomic E-state index is 11.6. The normalized spacial score (nSPS) is 11.8. The first-order valence-electron chi connectivity index (χ1n) is 6.61. The topological polar surface area (TPSA) is 42.0 Å². The Kier molecular flexibility index (Phi) is 3.90. The molecule has 0 bridgehead atoms. The molecule has 0 unspecified atom stereocenters. The molecule has 2 rings (SSSR count). The van der Waals surface area contributed by atoms with Crippen LogP contribution < -0.4 is 5.32 Å². The summed E-state index contributed by atoms with van der Waals surface area (Å²) in [6.07, 6.45) is 1.40. The second-order valence-corrected chi connectivity index (χ2v) is 6.78. The van der Waals surface area contributed by atoms with Crippen LogP contribution in [0.2, 0.25) is 0 Å². The van der Waals surface area contributed by atoms with Crippen LogP contribution in [0.25, 0.3) is 10.2 Å². The highest BCUT2D eigenvalue weighted by Gasteiger charge is 2.15. The van der Waals surface area contributed by atoms with Gasteiger partial charge in [0.15, 0.2) is 5.13 Å². The predicted molar refractivity (Wildman–Crippen MR) is 81.9 cm³/mol. The number of aromatic nitrogens is 1. The number of benzene rings is 1. The van der Waals surface area contributed by atoms with Crippen LogP contribution in [0.4, 0.5) is 5.13 Å². The summed E-state index contributed by atoms with van der Waals surface area (Å²) in [6, 6.07) is 6.31. The largest absolute Gasteiger partial charge is 0.302 e. The summed E-state index contributed by atoms with van der Waals surface area (Å²) in [6.45, 7) is 8.57. The van der Waals surface area contributed by atoms with Crippen molar-refractivity contribution < 1.29 is 4.79 Å². The number of nitrogens with one attached hydrogen (secondary N) is 1. The van der Waals surface area contributed by atoms with Crippen LogP contribution in [0.3, 0.4) is 0 Å². The number of carbonyl (C=O) groups is 1. The van der Waals surface area contributed by atoms with Gasteiger partial charge in [0.2, 0.25) is 5.91 Å². The highest BCUT2D eigenvalue weighted by molar-refractivity contribution is 7.22. The lowest BCUT2D eigenvalue weighted by molar-refractivity contribution is -0.116. The predicted octanol–water partition coefficient (Wildman–Crippen LogP) is 4.33. The molecule has 1 heterocycles. The average molecular weight is 276 g/mol. The molecule has 0 atom stereocenters. The number of amides is 1. The van der Waals surface area contributed by atoms with Crippen molar-refractivity contribution in [3.8, 4) is 0 Å². The molecule has 102 valence electrons. The Labute approximate surface area is 118 Å². The van der Waals surface area contributed by atoms with Crippen LogP contribution >= 0.6 is 11.3 Å². The van der Waals surface area contributed by atoms with Crippen LogP contribution in [0.5, 0.6) is 0 Å². The number of rotatable bonds is 3. The SMILES string of the molecule is CCCC(=O)Nc1nc2ccc(C(C)(C)C)cc2s1. The lowest BCUT2D eigenvalue weighted by atomic mass is 9.87. The van der Waals surface area contributed by atoms with E-state index in [2.05, 4.69) is 43.2 Å². The van der Waals surface area contributed by atoms with Crippen LogP contribution in [0.15, 0.2) is 18.2 Å². The summed E-state index contributed by atoms with van der Waals surface area (Å²) in [7, 11) is 0. The molecule has 1 N–H and O–H groups in total. The van der Waals surface area contributed by atoms with E-state index in [1.165, 1.54) is 16.9 Å². The minimum atomic E-state index is 0.0394. The third kappa shape index (κ3) is 3.32. The minimum Gasteiger partial charge on any atom is -0.302 e. The Bertz CT molecular complexity index is 596. The van der Waals surface area contributed by atoms with E-state index in [4.69, 9.17) is 0 Å². The van der Waals surface area contributed by atoms with Crippen LogP contribution in [-0.4, -0.2) is 10.9 Å². The Morgan fingerprint density at radius 1 is 1.37 bits per heavy atom. The maximum absolute atomic E-state index is 11.6. The molecule has 0 aliphatic heterocycles. The average Bonchev–Trinajstić information content (AvgIpc) is 2.68. The van der Waals surface area contributed by atoms with Gasteiger partial charge in [-0.2, -0.15) is 0 Å². The maximum Gasteiger partial charge on any atom is 0.226 e. The molecule has 3 nitrogen and oxygen atoms in total. The molecule has 1 aromatic heterocycles. The van der Waals surface area contributed by atoms with Crippen LogP contribution in [0, 0.1) is 0 Å². The standard InChI is InChI=1S/C15H20N2OS/c1-5-6-13(18)17-14-16-11-8-7-10(15(2,3)4)9-12(11)19-14/h7-9H,5-6H2,1-4H3,(H,16,17,18). The molecular weight excluding hydrogens is 256 g/mol. The lowest BCUT2D eigenvalue weighted by Gasteiger charge is -2.18. The zero-order chi connectivity index (χ0) is 14.0. The summed E-state index contributed by atoms with van der Waals surface area (Å²) >= 11 is 1.54. The summed E-state index contributed by atoms with van der Waals surface area (Å²) in [4.78, 5) is 16.0. The minimum absolute atomic E-state index is 0.0394. The molecule has 0 aliphatic rings. The monoisotopic (exact) mass is 276 g/mol. The zero-order valence-corrected chi connectivity index (χ0v) is 12.7. The number of hydrogen-bond donors (Lipinski definition) is 1. The van der Waals surface area contributed by atoms with E-state index in [1.807, 2.05) is 13.0 Å². The molecule has 4 heteroatoms. The molecule has 0 aliphatic carbocycles. The van der Waals surface area contributed by atoms with Crippen molar-refractivity contribution >= 4 is 32.6 Å². The zero-order valence-electron chi connectivity index (χ0n) is 11.9. The number of nitrogens with zero attached hydrogens (tertiary/aromatic N) is 1. The van der Waals surface area contributed by atoms with Gasteiger partial charge in [-0.3, -0.25) is 4.79 Å². The van der Waals surface area contributed by atoms with E-state index in [-0.39, 0.29) is 11.3 Å². The Hall–Kier alpha value is -1.42. The number of carbonyl (C=O) groups excluding carboxylic acids is 1. The summed E-state index contributed by atoms with van der Waals surface area (Å²) in [5.74, 6) is 0.0394. The fourth-order valence-electron chi connectivity index (χ4n) is 1.85. The number of anilines is 1. The molecule has 1 amide bonds. The van der Waals surface area contributed by atoms with E-state index in [9.17, 15) is 4.79 Å². The van der Waals surface area contributed by atoms with Gasteiger partial charge in [-0.15, -0.1) is 0 Å². The van der Waals surface area contributed by atoms with Crippen molar-refractivity contribution in [1.82, 2.24) is 4.98 Å². The Morgan fingerprint density at radius 3 is 2.74 bits per heavy atom. The molecule has 0 radical (unpaired) electrons. The van der Waals surface area contributed by atoms with Gasteiger partial charge in [0.05, 0.1) is 10.2 Å². The molecule has 0 saturated carbocycles. The van der Waals surface area contributed by atoms with Gasteiger partial charge in [0.25, 0.3) is 0 Å². The molecular formula is C15H20N2OS. The van der Waals surface area contributed by atoms with Gasteiger partial charge in [-0.05, 0) is 29.5 Å². The van der Waals surface area contributed by atoms with Crippen molar-refractivity contribution in [3.63, 3.8) is 0 Å². The molecule has 0 spiro atoms. The van der Waals surface area contributed by atoms with Gasteiger partial charge in [0, 0.05) is 6.42 Å². The van der Waals surface area contributed by atoms with E-state index >= 15 is 0 Å². The first-order valence-corrected chi connectivity index (χ1v) is 7.42. The van der Waals surface area contributed by atoms with E-state index < -0.39 is 0 Å². The fourth-order valence-corrected chi connectivity index (χ4v) is 2.77. The molecule has 1 aromatic carbocycles. The van der Waals surface area contributed by atoms with Crippen molar-refractivity contribution in [3.05, 3.63) is 23.8 Å². The second-order valence-electron chi connectivity index (χ2n) is 5.75. The first kappa shape index (κ1) is 14.0. The number of hydrogen-bond acceptors (Lipinski definition) is 3. The number of thiazole rings is 1. The summed E-state index contributed by atoms with van der Waals surface area (Å²) in [5.41, 5.74) is 2.36. The van der Waals surface area contributed by atoms with Gasteiger partial charge < -0.3 is 5.32 Å².